The van der Waals surface area contributed by atoms with Crippen LogP contribution in [0.25, 0.3) is 10.9 Å². The summed E-state index contributed by atoms with van der Waals surface area (Å²) >= 11 is 0. The second-order valence-electron chi connectivity index (χ2n) is 6.19. The summed E-state index contributed by atoms with van der Waals surface area (Å²) in [5.74, 6) is 0.479. The maximum absolute atomic E-state index is 12.7. The van der Waals surface area contributed by atoms with Crippen molar-refractivity contribution in [2.24, 2.45) is 11.7 Å². The molecule has 1 saturated carbocycles. The number of hydrogen-bond donors (Lipinski definition) is 2. The number of aromatic nitrogens is 1. The molecule has 1 aromatic heterocycles. The van der Waals surface area contributed by atoms with Crippen LogP contribution in [0.1, 0.15) is 41.7 Å². The van der Waals surface area contributed by atoms with Gasteiger partial charge in [0, 0.05) is 23.7 Å². The molecule has 3 rings (SSSR count). The van der Waals surface area contributed by atoms with Crippen LogP contribution in [0.15, 0.2) is 30.3 Å². The summed E-state index contributed by atoms with van der Waals surface area (Å²) in [5.41, 5.74) is 8.30. The van der Waals surface area contributed by atoms with Crippen LogP contribution in [0.2, 0.25) is 0 Å². The normalized spacial score (nSPS) is 16.8. The first-order valence-corrected chi connectivity index (χ1v) is 8.06. The summed E-state index contributed by atoms with van der Waals surface area (Å²) in [6.07, 6.45) is 4.82. The average Bonchev–Trinajstić information content (AvgIpc) is 3.05. The molecule has 2 aromatic rings. The predicted molar refractivity (Wildman–Crippen MR) is 88.7 cm³/mol. The molecule has 22 heavy (non-hydrogen) atoms. The molecule has 1 fully saturated rings. The van der Waals surface area contributed by atoms with Gasteiger partial charge in [0.15, 0.2) is 0 Å². The quantitative estimate of drug-likeness (QED) is 0.912. The van der Waals surface area contributed by atoms with E-state index in [0.29, 0.717) is 18.0 Å². The number of nitrogens with zero attached hydrogens (tertiary/aromatic N) is 1. The highest BCUT2D eigenvalue weighted by atomic mass is 16.1. The van der Waals surface area contributed by atoms with Crippen molar-refractivity contribution in [3.05, 3.63) is 41.6 Å². The topological polar surface area (TPSA) is 68.0 Å². The second-order valence-corrected chi connectivity index (χ2v) is 6.19. The van der Waals surface area contributed by atoms with Crippen LogP contribution < -0.4 is 11.1 Å². The molecular weight excluding hydrogens is 274 g/mol. The number of amides is 1. The van der Waals surface area contributed by atoms with Crippen LogP contribution in [0.3, 0.4) is 0 Å². The number of nitrogens with one attached hydrogen (secondary N) is 1. The molecule has 4 heteroatoms. The van der Waals surface area contributed by atoms with E-state index in [1.807, 2.05) is 37.3 Å². The van der Waals surface area contributed by atoms with Crippen molar-refractivity contribution in [3.63, 3.8) is 0 Å². The van der Waals surface area contributed by atoms with E-state index < -0.39 is 0 Å². The predicted octanol–water partition coefficient (Wildman–Crippen LogP) is 2.79. The Bertz CT molecular complexity index is 677. The van der Waals surface area contributed by atoms with Gasteiger partial charge in [0.05, 0.1) is 11.1 Å². The van der Waals surface area contributed by atoms with Gasteiger partial charge in [-0.25, -0.2) is 0 Å². The van der Waals surface area contributed by atoms with Gasteiger partial charge in [-0.3, -0.25) is 9.78 Å². The van der Waals surface area contributed by atoms with Gasteiger partial charge in [-0.1, -0.05) is 31.0 Å². The Labute approximate surface area is 131 Å². The zero-order valence-electron chi connectivity index (χ0n) is 13.0. The number of nitrogens with two attached hydrogens (primary N) is 1. The van der Waals surface area contributed by atoms with Crippen molar-refractivity contribution in [2.45, 2.75) is 38.6 Å². The number of benzene rings is 1. The zero-order chi connectivity index (χ0) is 15.5. The van der Waals surface area contributed by atoms with Gasteiger partial charge in [-0.05, 0) is 37.8 Å². The Balaban J connectivity index is 1.88. The summed E-state index contributed by atoms with van der Waals surface area (Å²) in [5, 5.41) is 4.05. The maximum atomic E-state index is 12.7. The van der Waals surface area contributed by atoms with E-state index in [-0.39, 0.29) is 11.9 Å². The molecule has 116 valence electrons. The number of para-hydroxylation sites is 1. The molecule has 3 N–H and O–H groups in total. The third kappa shape index (κ3) is 2.97. The lowest BCUT2D eigenvalue weighted by atomic mass is 9.97. The number of carbonyl (C=O) groups excluding carboxylic acids is 1. The molecule has 1 aliphatic carbocycles. The van der Waals surface area contributed by atoms with Crippen molar-refractivity contribution in [1.82, 2.24) is 10.3 Å². The van der Waals surface area contributed by atoms with E-state index in [9.17, 15) is 4.79 Å². The number of aryl methyl sites for hydroxylation is 1. The largest absolute Gasteiger partial charge is 0.348 e. The Kier molecular flexibility index (Phi) is 4.39. The van der Waals surface area contributed by atoms with Crippen molar-refractivity contribution in [1.29, 1.82) is 0 Å². The Morgan fingerprint density at radius 3 is 2.82 bits per heavy atom. The Hall–Kier alpha value is -1.94. The van der Waals surface area contributed by atoms with Gasteiger partial charge in [0.25, 0.3) is 5.91 Å². The van der Waals surface area contributed by atoms with E-state index in [2.05, 4.69) is 10.3 Å². The molecule has 0 radical (unpaired) electrons. The molecule has 0 spiro atoms. The zero-order valence-corrected chi connectivity index (χ0v) is 13.0. The van der Waals surface area contributed by atoms with Crippen LogP contribution in [-0.2, 0) is 0 Å². The molecule has 0 aliphatic heterocycles. The maximum Gasteiger partial charge on any atom is 0.252 e. The standard InChI is InChI=1S/C18H23N3O/c1-12-10-15(14-8-4-5-9-16(14)20-12)18(22)21-17(11-19)13-6-2-3-7-13/h4-5,8-10,13,17H,2-3,6-7,11,19H2,1H3,(H,21,22). The number of hydrogen-bond acceptors (Lipinski definition) is 3. The van der Waals surface area contributed by atoms with E-state index >= 15 is 0 Å². The fourth-order valence-electron chi connectivity index (χ4n) is 3.47. The number of rotatable bonds is 4. The fraction of sp³-hybridized carbons (Fsp3) is 0.444. The summed E-state index contributed by atoms with van der Waals surface area (Å²) in [6, 6.07) is 9.70. The summed E-state index contributed by atoms with van der Waals surface area (Å²) in [7, 11) is 0. The van der Waals surface area contributed by atoms with Gasteiger partial charge >= 0.3 is 0 Å². The second kappa shape index (κ2) is 6.44. The smallest absolute Gasteiger partial charge is 0.252 e. The number of pyridine rings is 1. The highest BCUT2D eigenvalue weighted by Gasteiger charge is 2.26. The lowest BCUT2D eigenvalue weighted by Crippen LogP contribution is -2.44. The van der Waals surface area contributed by atoms with Gasteiger partial charge in [0.2, 0.25) is 0 Å². The molecule has 1 unspecified atom stereocenters. The minimum Gasteiger partial charge on any atom is -0.348 e. The van der Waals surface area contributed by atoms with Gasteiger partial charge in [-0.15, -0.1) is 0 Å². The van der Waals surface area contributed by atoms with E-state index in [1.165, 1.54) is 12.8 Å². The van der Waals surface area contributed by atoms with Crippen LogP contribution in [0.5, 0.6) is 0 Å². The molecule has 0 bridgehead atoms. The first-order chi connectivity index (χ1) is 10.7. The average molecular weight is 297 g/mol. The van der Waals surface area contributed by atoms with Crippen LogP contribution in [0.4, 0.5) is 0 Å². The monoisotopic (exact) mass is 297 g/mol. The highest BCUT2D eigenvalue weighted by molar-refractivity contribution is 6.06. The summed E-state index contributed by atoms with van der Waals surface area (Å²) in [4.78, 5) is 17.2. The van der Waals surface area contributed by atoms with E-state index in [1.54, 1.807) is 0 Å². The number of fused-ring (bicyclic) bond motifs is 1. The lowest BCUT2D eigenvalue weighted by molar-refractivity contribution is 0.0925. The SMILES string of the molecule is Cc1cc(C(=O)NC(CN)C2CCCC2)c2ccccc2n1. The first kappa shape index (κ1) is 15.0. The van der Waals surface area contributed by atoms with Crippen molar-refractivity contribution < 1.29 is 4.79 Å². The third-order valence-electron chi connectivity index (χ3n) is 4.63. The fourth-order valence-corrected chi connectivity index (χ4v) is 3.47. The van der Waals surface area contributed by atoms with Crippen LogP contribution in [0, 0.1) is 12.8 Å². The number of carbonyl (C=O) groups is 1. The lowest BCUT2D eigenvalue weighted by Gasteiger charge is -2.23. The molecule has 1 aromatic carbocycles. The van der Waals surface area contributed by atoms with E-state index in [4.69, 9.17) is 5.73 Å². The van der Waals surface area contributed by atoms with Gasteiger partial charge in [-0.2, -0.15) is 0 Å². The molecule has 1 amide bonds. The Morgan fingerprint density at radius 1 is 1.36 bits per heavy atom. The van der Waals surface area contributed by atoms with Gasteiger partial charge < -0.3 is 11.1 Å². The van der Waals surface area contributed by atoms with E-state index in [0.717, 1.165) is 29.4 Å². The molecule has 1 atom stereocenters. The van der Waals surface area contributed by atoms with Crippen molar-refractivity contribution in [3.8, 4) is 0 Å². The first-order valence-electron chi connectivity index (χ1n) is 8.06. The highest BCUT2D eigenvalue weighted by Crippen LogP contribution is 2.28. The molecule has 1 aliphatic rings. The summed E-state index contributed by atoms with van der Waals surface area (Å²) < 4.78 is 0. The minimum absolute atomic E-state index is 0.0379. The summed E-state index contributed by atoms with van der Waals surface area (Å²) in [6.45, 7) is 2.42. The third-order valence-corrected chi connectivity index (χ3v) is 4.63. The van der Waals surface area contributed by atoms with Crippen LogP contribution >= 0.6 is 0 Å². The minimum atomic E-state index is -0.0379. The molecule has 0 saturated heterocycles. The molecule has 4 nitrogen and oxygen atoms in total. The van der Waals surface area contributed by atoms with Crippen LogP contribution in [-0.4, -0.2) is 23.5 Å². The van der Waals surface area contributed by atoms with Gasteiger partial charge in [0.1, 0.15) is 0 Å². The van der Waals surface area contributed by atoms with Crippen molar-refractivity contribution in [2.75, 3.05) is 6.54 Å². The molecular formula is C18H23N3O. The Morgan fingerprint density at radius 2 is 2.09 bits per heavy atom. The van der Waals surface area contributed by atoms with Crippen molar-refractivity contribution >= 4 is 16.8 Å². The molecule has 1 heterocycles.